The fourth-order valence-electron chi connectivity index (χ4n) is 0.306. The summed E-state index contributed by atoms with van der Waals surface area (Å²) in [5, 5.41) is 0.488. The summed E-state index contributed by atoms with van der Waals surface area (Å²) in [5.41, 5.74) is 0. The monoisotopic (exact) mass is 215 g/mol. The molecule has 0 aliphatic heterocycles. The van der Waals surface area contributed by atoms with E-state index >= 15 is 0 Å². The third-order valence-corrected chi connectivity index (χ3v) is 0.778. The molecule has 0 aromatic carbocycles. The fraction of sp³-hybridized carbons (Fsp3) is 0. The van der Waals surface area contributed by atoms with Crippen molar-refractivity contribution in [1.82, 2.24) is 4.98 Å². The molecule has 44 valence electrons. The zero-order valence-electron chi connectivity index (χ0n) is 4.64. The minimum Gasteiger partial charge on any atom is -1.00 e. The molecule has 0 N–H and O–H groups in total. The first-order chi connectivity index (χ1) is 3.39. The molecule has 0 atom stereocenters. The zero-order chi connectivity index (χ0) is 5.11. The van der Waals surface area contributed by atoms with Crippen LogP contribution in [-0.4, -0.2) is 28.0 Å². The third-order valence-electron chi connectivity index (χ3n) is 0.571. The van der Waals surface area contributed by atoms with E-state index in [-0.39, 0.29) is 40.0 Å². The Morgan fingerprint density at radius 1 is 1.56 bits per heavy atom. The number of rotatable bonds is 0. The van der Waals surface area contributed by atoms with Crippen molar-refractivity contribution in [2.45, 2.75) is 0 Å². The molecule has 9 heavy (non-hydrogen) atoms. The summed E-state index contributed by atoms with van der Waals surface area (Å²) in [6, 6.07) is 6.08. The van der Waals surface area contributed by atoms with E-state index in [4.69, 9.17) is 11.6 Å². The number of hydrogen-bond acceptors (Lipinski definition) is 1. The van der Waals surface area contributed by atoms with Crippen LogP contribution in [0.25, 0.3) is 0 Å². The molecule has 1 aromatic rings. The van der Waals surface area contributed by atoms with Crippen LogP contribution in [0.4, 0.5) is 0 Å². The molecule has 1 nitrogen and oxygen atoms in total. The van der Waals surface area contributed by atoms with Gasteiger partial charge >= 0.3 is 23.1 Å². The Hall–Kier alpha value is 0.686. The Balaban J connectivity index is 0. The van der Waals surface area contributed by atoms with Crippen LogP contribution in [0.1, 0.15) is 0 Å². The SMILES string of the molecule is Clc1c[c-]ccn1.[Br-].[Mg+2]. The summed E-state index contributed by atoms with van der Waals surface area (Å²) in [4.78, 5) is 3.71. The average Bonchev–Trinajstić information content (AvgIpc) is 1.69. The molecule has 0 bridgehead atoms. The standard InChI is InChI=1S/C5H3ClN.BrH.Mg/c6-5-3-1-2-4-7-5;;/h2-4H;1H;/q-1;;+2/p-1. The van der Waals surface area contributed by atoms with Crippen LogP contribution < -0.4 is 17.0 Å². The van der Waals surface area contributed by atoms with Gasteiger partial charge in [0.05, 0.1) is 0 Å². The maximum atomic E-state index is 5.40. The second-order valence-corrected chi connectivity index (χ2v) is 1.47. The van der Waals surface area contributed by atoms with Crippen molar-refractivity contribution in [3.8, 4) is 0 Å². The van der Waals surface area contributed by atoms with Gasteiger partial charge in [0.1, 0.15) is 0 Å². The second-order valence-electron chi connectivity index (χ2n) is 1.08. The Labute approximate surface area is 85.7 Å². The van der Waals surface area contributed by atoms with Crippen molar-refractivity contribution in [1.29, 1.82) is 0 Å². The van der Waals surface area contributed by atoms with Gasteiger partial charge in [-0.1, -0.05) is 6.20 Å². The molecular weight excluding hydrogens is 214 g/mol. The first kappa shape index (κ1) is 12.4. The van der Waals surface area contributed by atoms with Crippen LogP contribution in [0.5, 0.6) is 0 Å². The van der Waals surface area contributed by atoms with Crippen molar-refractivity contribution in [3.63, 3.8) is 0 Å². The van der Waals surface area contributed by atoms with E-state index in [1.807, 2.05) is 0 Å². The van der Waals surface area contributed by atoms with Crippen LogP contribution in [0, 0.1) is 6.07 Å². The van der Waals surface area contributed by atoms with Crippen LogP contribution in [0.15, 0.2) is 18.3 Å². The van der Waals surface area contributed by atoms with E-state index in [9.17, 15) is 0 Å². The first-order valence-electron chi connectivity index (χ1n) is 1.87. The number of aromatic nitrogens is 1. The van der Waals surface area contributed by atoms with Gasteiger partial charge in [0, 0.05) is 5.15 Å². The summed E-state index contributed by atoms with van der Waals surface area (Å²) in [6.45, 7) is 0. The number of hydrogen-bond donors (Lipinski definition) is 0. The van der Waals surface area contributed by atoms with Gasteiger partial charge < -0.3 is 22.0 Å². The topological polar surface area (TPSA) is 12.9 Å². The Bertz CT molecular complexity index is 147. The molecule has 0 aliphatic rings. The molecule has 0 spiro atoms. The predicted molar refractivity (Wildman–Crippen MR) is 33.8 cm³/mol. The van der Waals surface area contributed by atoms with E-state index in [1.165, 1.54) is 0 Å². The molecule has 1 rings (SSSR count). The number of halogens is 2. The Morgan fingerprint density at radius 3 is 2.44 bits per heavy atom. The quantitative estimate of drug-likeness (QED) is 0.282. The molecule has 0 aliphatic carbocycles. The van der Waals surface area contributed by atoms with Crippen LogP contribution in [-0.2, 0) is 0 Å². The Morgan fingerprint density at radius 2 is 2.22 bits per heavy atom. The normalized spacial score (nSPS) is 6.78. The predicted octanol–water partition coefficient (Wildman–Crippen LogP) is -1.84. The zero-order valence-corrected chi connectivity index (χ0v) is 8.40. The Kier molecular flexibility index (Phi) is 9.35. The van der Waals surface area contributed by atoms with Crippen molar-refractivity contribution in [2.75, 3.05) is 0 Å². The smallest absolute Gasteiger partial charge is 1.00 e. The molecule has 0 radical (unpaired) electrons. The number of pyridine rings is 1. The summed E-state index contributed by atoms with van der Waals surface area (Å²) in [6.07, 6.45) is 1.60. The molecule has 1 heterocycles. The molecule has 0 unspecified atom stereocenters. The van der Waals surface area contributed by atoms with Crippen molar-refractivity contribution in [3.05, 3.63) is 29.5 Å². The second kappa shape index (κ2) is 6.80. The van der Waals surface area contributed by atoms with Crippen LogP contribution in [0.2, 0.25) is 5.15 Å². The van der Waals surface area contributed by atoms with Gasteiger partial charge in [-0.2, -0.15) is 12.1 Å². The van der Waals surface area contributed by atoms with Gasteiger partial charge in [-0.3, -0.25) is 0 Å². The first-order valence-corrected chi connectivity index (χ1v) is 2.25. The maximum absolute atomic E-state index is 5.40. The molecule has 1 aromatic heterocycles. The van der Waals surface area contributed by atoms with Crippen molar-refractivity contribution in [2.24, 2.45) is 0 Å². The van der Waals surface area contributed by atoms with Crippen LogP contribution >= 0.6 is 11.6 Å². The molecule has 0 saturated heterocycles. The summed E-state index contributed by atoms with van der Waals surface area (Å²) in [5.74, 6) is 0. The van der Waals surface area contributed by atoms with E-state index in [0.717, 1.165) is 0 Å². The third kappa shape index (κ3) is 5.15. The summed E-state index contributed by atoms with van der Waals surface area (Å²) >= 11 is 5.40. The average molecular weight is 217 g/mol. The molecule has 4 heteroatoms. The van der Waals surface area contributed by atoms with E-state index < -0.39 is 0 Å². The summed E-state index contributed by atoms with van der Waals surface area (Å²) < 4.78 is 0. The fourth-order valence-corrected chi connectivity index (χ4v) is 0.425. The summed E-state index contributed by atoms with van der Waals surface area (Å²) in [7, 11) is 0. The van der Waals surface area contributed by atoms with Gasteiger partial charge in [0.25, 0.3) is 0 Å². The van der Waals surface area contributed by atoms with Crippen molar-refractivity contribution < 1.29 is 17.0 Å². The minimum absolute atomic E-state index is 0. The molecular formula is C5H3BrClMgN. The van der Waals surface area contributed by atoms with Gasteiger partial charge in [-0.25, -0.2) is 0 Å². The largest absolute Gasteiger partial charge is 2.00 e. The minimum atomic E-state index is 0. The maximum Gasteiger partial charge on any atom is 2.00 e. The van der Waals surface area contributed by atoms with E-state index in [0.29, 0.717) is 5.15 Å². The van der Waals surface area contributed by atoms with E-state index in [2.05, 4.69) is 11.1 Å². The molecule has 0 saturated carbocycles. The molecule has 0 fully saturated rings. The molecule has 0 amide bonds. The van der Waals surface area contributed by atoms with Gasteiger partial charge in [-0.15, -0.1) is 17.7 Å². The van der Waals surface area contributed by atoms with Crippen molar-refractivity contribution >= 4 is 34.7 Å². The van der Waals surface area contributed by atoms with E-state index in [1.54, 1.807) is 18.3 Å². The van der Waals surface area contributed by atoms with Crippen LogP contribution in [0.3, 0.4) is 0 Å². The number of nitrogens with zero attached hydrogens (tertiary/aromatic N) is 1. The van der Waals surface area contributed by atoms with Gasteiger partial charge in [-0.05, 0) is 0 Å². The van der Waals surface area contributed by atoms with Gasteiger partial charge in [0.15, 0.2) is 0 Å². The van der Waals surface area contributed by atoms with Gasteiger partial charge in [0.2, 0.25) is 0 Å².